The summed E-state index contributed by atoms with van der Waals surface area (Å²) in [5.74, 6) is 0.758. The Bertz CT molecular complexity index is 638. The number of hydrogen-bond acceptors (Lipinski definition) is 2. The Morgan fingerprint density at radius 3 is 2.45 bits per heavy atom. The number of hydrogen-bond donors (Lipinski definition) is 1. The third kappa shape index (κ3) is 4.41. The van der Waals surface area contributed by atoms with Gasteiger partial charge in [0.25, 0.3) is 0 Å². The lowest BCUT2D eigenvalue weighted by Gasteiger charge is -2.12. The number of alkyl halides is 3. The zero-order valence-corrected chi connectivity index (χ0v) is 12.5. The summed E-state index contributed by atoms with van der Waals surface area (Å²) in [4.78, 5) is 0. The molecule has 0 aliphatic heterocycles. The Kier molecular flexibility index (Phi) is 4.96. The fourth-order valence-corrected chi connectivity index (χ4v) is 1.97. The van der Waals surface area contributed by atoms with Crippen LogP contribution in [0.1, 0.15) is 16.7 Å². The van der Waals surface area contributed by atoms with E-state index in [0.717, 1.165) is 23.4 Å². The van der Waals surface area contributed by atoms with Crippen molar-refractivity contribution >= 4 is 5.69 Å². The first kappa shape index (κ1) is 16.2. The van der Waals surface area contributed by atoms with Gasteiger partial charge in [-0.2, -0.15) is 13.2 Å². The van der Waals surface area contributed by atoms with Crippen molar-refractivity contribution < 1.29 is 17.9 Å². The summed E-state index contributed by atoms with van der Waals surface area (Å²) < 4.78 is 43.4. The molecule has 2 aromatic carbocycles. The smallest absolute Gasteiger partial charge is 0.416 e. The standard InChI is InChI=1S/C17H18F3NO/c1-12-6-7-16(10-13(12)2)22-9-8-21-15-5-3-4-14(11-15)17(18,19)20/h3-7,10-11,21H,8-9H2,1-2H3. The molecular formula is C17H18F3NO. The first-order valence-corrected chi connectivity index (χ1v) is 6.97. The Hall–Kier alpha value is -2.17. The molecule has 0 bridgehead atoms. The van der Waals surface area contributed by atoms with E-state index in [1.165, 1.54) is 11.6 Å². The van der Waals surface area contributed by atoms with Crippen LogP contribution < -0.4 is 10.1 Å². The Labute approximate surface area is 127 Å². The highest BCUT2D eigenvalue weighted by Gasteiger charge is 2.30. The molecule has 22 heavy (non-hydrogen) atoms. The monoisotopic (exact) mass is 309 g/mol. The van der Waals surface area contributed by atoms with Gasteiger partial charge in [0, 0.05) is 12.2 Å². The minimum Gasteiger partial charge on any atom is -0.492 e. The quantitative estimate of drug-likeness (QED) is 0.800. The van der Waals surface area contributed by atoms with E-state index in [1.54, 1.807) is 6.07 Å². The summed E-state index contributed by atoms with van der Waals surface area (Å²) >= 11 is 0. The van der Waals surface area contributed by atoms with Gasteiger partial charge in [-0.05, 0) is 55.3 Å². The van der Waals surface area contributed by atoms with Gasteiger partial charge in [-0.15, -0.1) is 0 Å². The molecular weight excluding hydrogens is 291 g/mol. The molecule has 0 saturated carbocycles. The molecule has 0 atom stereocenters. The van der Waals surface area contributed by atoms with Crippen LogP contribution in [-0.4, -0.2) is 13.2 Å². The van der Waals surface area contributed by atoms with Crippen LogP contribution in [0.2, 0.25) is 0 Å². The van der Waals surface area contributed by atoms with Gasteiger partial charge in [-0.3, -0.25) is 0 Å². The van der Waals surface area contributed by atoms with Crippen LogP contribution in [0.4, 0.5) is 18.9 Å². The van der Waals surface area contributed by atoms with E-state index >= 15 is 0 Å². The molecule has 0 aromatic heterocycles. The number of aryl methyl sites for hydroxylation is 2. The fourth-order valence-electron chi connectivity index (χ4n) is 1.97. The van der Waals surface area contributed by atoms with Gasteiger partial charge in [-0.1, -0.05) is 12.1 Å². The maximum atomic E-state index is 12.6. The Morgan fingerprint density at radius 1 is 1.00 bits per heavy atom. The van der Waals surface area contributed by atoms with E-state index < -0.39 is 11.7 Å². The van der Waals surface area contributed by atoms with Crippen molar-refractivity contribution in [2.45, 2.75) is 20.0 Å². The third-order valence-corrected chi connectivity index (χ3v) is 3.37. The lowest BCUT2D eigenvalue weighted by Crippen LogP contribution is -2.12. The van der Waals surface area contributed by atoms with Crippen molar-refractivity contribution in [1.82, 2.24) is 0 Å². The van der Waals surface area contributed by atoms with Crippen molar-refractivity contribution in [3.8, 4) is 5.75 Å². The summed E-state index contributed by atoms with van der Waals surface area (Å²) in [6.45, 7) is 4.82. The minimum absolute atomic E-state index is 0.374. The van der Waals surface area contributed by atoms with Gasteiger partial charge in [0.2, 0.25) is 0 Å². The average Bonchev–Trinajstić information content (AvgIpc) is 2.47. The molecule has 5 heteroatoms. The molecule has 0 unspecified atom stereocenters. The normalized spacial score (nSPS) is 11.3. The molecule has 118 valence electrons. The summed E-state index contributed by atoms with van der Waals surface area (Å²) in [6, 6.07) is 10.9. The van der Waals surface area contributed by atoms with Gasteiger partial charge in [0.05, 0.1) is 5.56 Å². The van der Waals surface area contributed by atoms with Gasteiger partial charge < -0.3 is 10.1 Å². The predicted octanol–water partition coefficient (Wildman–Crippen LogP) is 4.81. The highest BCUT2D eigenvalue weighted by molar-refractivity contribution is 5.46. The highest BCUT2D eigenvalue weighted by Crippen LogP contribution is 2.30. The predicted molar refractivity (Wildman–Crippen MR) is 81.3 cm³/mol. The van der Waals surface area contributed by atoms with Crippen molar-refractivity contribution in [3.63, 3.8) is 0 Å². The first-order chi connectivity index (χ1) is 10.4. The summed E-state index contributed by atoms with van der Waals surface area (Å²) in [5, 5.41) is 2.93. The molecule has 2 rings (SSSR count). The molecule has 0 saturated heterocycles. The summed E-state index contributed by atoms with van der Waals surface area (Å²) in [7, 11) is 0. The molecule has 2 aromatic rings. The summed E-state index contributed by atoms with van der Waals surface area (Å²) in [6.07, 6.45) is -4.33. The van der Waals surface area contributed by atoms with Gasteiger partial charge in [0.15, 0.2) is 0 Å². The van der Waals surface area contributed by atoms with Crippen molar-refractivity contribution in [2.24, 2.45) is 0 Å². The molecule has 0 spiro atoms. The molecule has 0 amide bonds. The van der Waals surface area contributed by atoms with Crippen molar-refractivity contribution in [3.05, 3.63) is 59.2 Å². The molecule has 0 aliphatic carbocycles. The van der Waals surface area contributed by atoms with E-state index in [4.69, 9.17) is 4.74 Å². The van der Waals surface area contributed by atoms with E-state index in [2.05, 4.69) is 5.32 Å². The lowest BCUT2D eigenvalue weighted by molar-refractivity contribution is -0.137. The van der Waals surface area contributed by atoms with Crippen molar-refractivity contribution in [2.75, 3.05) is 18.5 Å². The maximum Gasteiger partial charge on any atom is 0.416 e. The number of nitrogens with one attached hydrogen (secondary N) is 1. The Morgan fingerprint density at radius 2 is 1.77 bits per heavy atom. The van der Waals surface area contributed by atoms with E-state index in [9.17, 15) is 13.2 Å². The van der Waals surface area contributed by atoms with Gasteiger partial charge in [0.1, 0.15) is 12.4 Å². The third-order valence-electron chi connectivity index (χ3n) is 3.37. The fraction of sp³-hybridized carbons (Fsp3) is 0.294. The molecule has 0 heterocycles. The van der Waals surface area contributed by atoms with E-state index in [1.807, 2.05) is 32.0 Å². The largest absolute Gasteiger partial charge is 0.492 e. The molecule has 0 fully saturated rings. The van der Waals surface area contributed by atoms with E-state index in [-0.39, 0.29) is 0 Å². The van der Waals surface area contributed by atoms with Gasteiger partial charge >= 0.3 is 6.18 Å². The summed E-state index contributed by atoms with van der Waals surface area (Å²) in [5.41, 5.74) is 2.10. The second-order valence-electron chi connectivity index (χ2n) is 5.10. The maximum absolute atomic E-state index is 12.6. The number of ether oxygens (including phenoxy) is 1. The van der Waals surface area contributed by atoms with E-state index in [0.29, 0.717) is 18.8 Å². The lowest BCUT2D eigenvalue weighted by atomic mass is 10.1. The van der Waals surface area contributed by atoms with Crippen LogP contribution in [0, 0.1) is 13.8 Å². The second-order valence-corrected chi connectivity index (χ2v) is 5.10. The minimum atomic E-state index is -4.33. The van der Waals surface area contributed by atoms with Gasteiger partial charge in [-0.25, -0.2) is 0 Å². The SMILES string of the molecule is Cc1ccc(OCCNc2cccc(C(F)(F)F)c2)cc1C. The van der Waals surface area contributed by atoms with Crippen LogP contribution in [0.3, 0.4) is 0 Å². The molecule has 0 radical (unpaired) electrons. The number of benzene rings is 2. The topological polar surface area (TPSA) is 21.3 Å². The zero-order chi connectivity index (χ0) is 16.2. The number of anilines is 1. The second kappa shape index (κ2) is 6.73. The average molecular weight is 309 g/mol. The van der Waals surface area contributed by atoms with Crippen LogP contribution in [-0.2, 0) is 6.18 Å². The number of halogens is 3. The highest BCUT2D eigenvalue weighted by atomic mass is 19.4. The first-order valence-electron chi connectivity index (χ1n) is 6.97. The molecule has 1 N–H and O–H groups in total. The molecule has 2 nitrogen and oxygen atoms in total. The number of rotatable bonds is 5. The Balaban J connectivity index is 1.85. The molecule has 0 aliphatic rings. The van der Waals surface area contributed by atoms with Crippen molar-refractivity contribution in [1.29, 1.82) is 0 Å². The van der Waals surface area contributed by atoms with Crippen LogP contribution >= 0.6 is 0 Å². The van der Waals surface area contributed by atoms with Crippen LogP contribution in [0.15, 0.2) is 42.5 Å². The zero-order valence-electron chi connectivity index (χ0n) is 12.5. The van der Waals surface area contributed by atoms with Crippen LogP contribution in [0.5, 0.6) is 5.75 Å². The van der Waals surface area contributed by atoms with Crippen LogP contribution in [0.25, 0.3) is 0 Å².